The summed E-state index contributed by atoms with van der Waals surface area (Å²) in [5.74, 6) is -0.752. The molecule has 0 aliphatic carbocycles. The molecule has 4 aromatic rings. The molecule has 0 aliphatic rings. The molecule has 0 saturated carbocycles. The van der Waals surface area contributed by atoms with Gasteiger partial charge in [-0.15, -0.1) is 0 Å². The predicted molar refractivity (Wildman–Crippen MR) is 106 cm³/mol. The summed E-state index contributed by atoms with van der Waals surface area (Å²) < 4.78 is 79.9. The summed E-state index contributed by atoms with van der Waals surface area (Å²) in [5.41, 5.74) is -2.14. The Balaban J connectivity index is 1.79. The topological polar surface area (TPSA) is 70.7 Å². The number of fused-ring (bicyclic) bond motifs is 1. The van der Waals surface area contributed by atoms with Crippen LogP contribution in [0, 0.1) is 0 Å². The fourth-order valence-corrected chi connectivity index (χ4v) is 3.41. The number of benzene rings is 1. The van der Waals surface area contributed by atoms with Crippen molar-refractivity contribution >= 4 is 16.9 Å². The third kappa shape index (κ3) is 4.52. The quantitative estimate of drug-likeness (QED) is 0.391. The fraction of sp³-hybridized carbons (Fsp3) is 0.136. The minimum absolute atomic E-state index is 0.00137. The lowest BCUT2D eigenvalue weighted by atomic mass is 9.97. The van der Waals surface area contributed by atoms with Gasteiger partial charge in [0.1, 0.15) is 5.65 Å². The Morgan fingerprint density at radius 2 is 1.55 bits per heavy atom. The highest BCUT2D eigenvalue weighted by atomic mass is 19.4. The first-order chi connectivity index (χ1) is 15.6. The van der Waals surface area contributed by atoms with Gasteiger partial charge in [0.05, 0.1) is 28.4 Å². The van der Waals surface area contributed by atoms with Crippen LogP contribution < -0.4 is 5.32 Å². The van der Waals surface area contributed by atoms with E-state index in [1.807, 2.05) is 0 Å². The van der Waals surface area contributed by atoms with Crippen molar-refractivity contribution in [3.8, 4) is 0 Å². The molecule has 0 aliphatic heterocycles. The zero-order valence-corrected chi connectivity index (χ0v) is 16.5. The number of carbonyl (C=O) groups excluding carboxylic acids is 1. The number of nitrogens with one attached hydrogen (secondary N) is 2. The van der Waals surface area contributed by atoms with Crippen LogP contribution in [0.3, 0.4) is 0 Å². The number of carbonyl (C=O) groups is 1. The summed E-state index contributed by atoms with van der Waals surface area (Å²) in [4.78, 5) is 23.7. The van der Waals surface area contributed by atoms with E-state index in [2.05, 4.69) is 20.3 Å². The number of H-pyrrole nitrogens is 1. The molecule has 0 saturated heterocycles. The maximum Gasteiger partial charge on any atom is 0.418 e. The zero-order chi connectivity index (χ0) is 23.8. The van der Waals surface area contributed by atoms with E-state index in [1.165, 1.54) is 12.4 Å². The lowest BCUT2D eigenvalue weighted by Crippen LogP contribution is -2.31. The highest BCUT2D eigenvalue weighted by molar-refractivity contribution is 6.06. The van der Waals surface area contributed by atoms with Crippen LogP contribution in [0.15, 0.2) is 67.1 Å². The van der Waals surface area contributed by atoms with Crippen molar-refractivity contribution in [1.82, 2.24) is 20.3 Å². The van der Waals surface area contributed by atoms with Gasteiger partial charge in [-0.3, -0.25) is 9.78 Å². The number of hydrogen-bond donors (Lipinski definition) is 2. The molecule has 1 amide bonds. The van der Waals surface area contributed by atoms with E-state index in [0.717, 1.165) is 42.6 Å². The number of halogens is 6. The van der Waals surface area contributed by atoms with Crippen LogP contribution in [0.2, 0.25) is 0 Å². The molecule has 1 atom stereocenters. The summed E-state index contributed by atoms with van der Waals surface area (Å²) in [6.45, 7) is 0. The van der Waals surface area contributed by atoms with Crippen molar-refractivity contribution in [2.45, 2.75) is 18.4 Å². The van der Waals surface area contributed by atoms with Crippen LogP contribution in [-0.2, 0) is 12.4 Å². The lowest BCUT2D eigenvalue weighted by molar-refractivity contribution is -0.139. The van der Waals surface area contributed by atoms with E-state index in [0.29, 0.717) is 11.0 Å². The van der Waals surface area contributed by atoms with E-state index in [-0.39, 0.29) is 11.1 Å². The molecule has 11 heteroatoms. The number of aromatic amines is 1. The van der Waals surface area contributed by atoms with E-state index in [1.54, 1.807) is 12.1 Å². The number of hydrogen-bond acceptors (Lipinski definition) is 3. The summed E-state index contributed by atoms with van der Waals surface area (Å²) in [7, 11) is 0. The molecule has 33 heavy (non-hydrogen) atoms. The number of pyridine rings is 2. The van der Waals surface area contributed by atoms with Gasteiger partial charge in [0.2, 0.25) is 0 Å². The lowest BCUT2D eigenvalue weighted by Gasteiger charge is -2.22. The Hall–Kier alpha value is -3.89. The molecule has 3 aromatic heterocycles. The minimum atomic E-state index is -4.80. The molecule has 4 rings (SSSR count). The monoisotopic (exact) mass is 464 g/mol. The largest absolute Gasteiger partial charge is 0.418 e. The maximum atomic E-state index is 13.6. The van der Waals surface area contributed by atoms with Crippen molar-refractivity contribution < 1.29 is 31.1 Å². The second-order valence-corrected chi connectivity index (χ2v) is 7.06. The van der Waals surface area contributed by atoms with E-state index < -0.39 is 41.1 Å². The van der Waals surface area contributed by atoms with Crippen molar-refractivity contribution in [2.75, 3.05) is 0 Å². The number of amides is 1. The first kappa shape index (κ1) is 22.3. The minimum Gasteiger partial charge on any atom is -0.345 e. The molecule has 1 unspecified atom stereocenters. The maximum absolute atomic E-state index is 13.6. The summed E-state index contributed by atoms with van der Waals surface area (Å²) in [5, 5.41) is 2.91. The molecule has 3 heterocycles. The zero-order valence-electron chi connectivity index (χ0n) is 16.5. The molecular formula is C22H14F6N4O. The van der Waals surface area contributed by atoms with Gasteiger partial charge in [-0.1, -0.05) is 12.1 Å². The van der Waals surface area contributed by atoms with Crippen LogP contribution >= 0.6 is 0 Å². The molecule has 2 N–H and O–H groups in total. The number of aromatic nitrogens is 3. The van der Waals surface area contributed by atoms with Crippen LogP contribution in [0.25, 0.3) is 11.0 Å². The second kappa shape index (κ2) is 8.23. The molecule has 0 fully saturated rings. The van der Waals surface area contributed by atoms with Gasteiger partial charge in [-0.05, 0) is 42.0 Å². The van der Waals surface area contributed by atoms with Crippen molar-refractivity contribution in [2.24, 2.45) is 0 Å². The van der Waals surface area contributed by atoms with Gasteiger partial charge in [-0.2, -0.15) is 26.3 Å². The Kier molecular flexibility index (Phi) is 5.56. The van der Waals surface area contributed by atoms with Crippen molar-refractivity contribution in [3.05, 3.63) is 95.1 Å². The van der Waals surface area contributed by atoms with E-state index >= 15 is 0 Å². The molecule has 0 spiro atoms. The molecule has 0 bridgehead atoms. The third-order valence-electron chi connectivity index (χ3n) is 4.96. The molecule has 170 valence electrons. The van der Waals surface area contributed by atoms with Gasteiger partial charge in [0.15, 0.2) is 0 Å². The second-order valence-electron chi connectivity index (χ2n) is 7.06. The SMILES string of the molecule is O=C(NC(c1ccc(C(F)(F)F)cc1)c1ncccc1C(F)(F)F)c1c[nH]c2ncccc12. The first-order valence-corrected chi connectivity index (χ1v) is 9.48. The normalized spacial score (nSPS) is 13.2. The predicted octanol–water partition coefficient (Wildman–Crippen LogP) is 5.51. The smallest absolute Gasteiger partial charge is 0.345 e. The standard InChI is InChI=1S/C22H14F6N4O/c23-21(24,25)13-7-5-12(6-8-13)17(18-16(22(26,27)28)4-2-9-29-18)32-20(33)15-11-31-19-14(15)3-1-10-30-19/h1-11,17H,(H,30,31)(H,32,33). The van der Waals surface area contributed by atoms with Crippen molar-refractivity contribution in [3.63, 3.8) is 0 Å². The van der Waals surface area contributed by atoms with E-state index in [9.17, 15) is 31.1 Å². The number of nitrogens with zero attached hydrogens (tertiary/aromatic N) is 2. The highest BCUT2D eigenvalue weighted by Gasteiger charge is 2.37. The molecule has 1 aromatic carbocycles. The average molecular weight is 464 g/mol. The number of rotatable bonds is 4. The molecule has 0 radical (unpaired) electrons. The van der Waals surface area contributed by atoms with Crippen LogP contribution in [-0.4, -0.2) is 20.9 Å². The average Bonchev–Trinajstić information content (AvgIpc) is 3.21. The van der Waals surface area contributed by atoms with Crippen LogP contribution in [0.1, 0.15) is 38.8 Å². The highest BCUT2D eigenvalue weighted by Crippen LogP contribution is 2.36. The van der Waals surface area contributed by atoms with Gasteiger partial charge in [0.25, 0.3) is 5.91 Å². The summed E-state index contributed by atoms with van der Waals surface area (Å²) >= 11 is 0. The number of alkyl halides is 6. The first-order valence-electron chi connectivity index (χ1n) is 9.48. The van der Waals surface area contributed by atoms with Crippen LogP contribution in [0.5, 0.6) is 0 Å². The van der Waals surface area contributed by atoms with Gasteiger partial charge >= 0.3 is 12.4 Å². The third-order valence-corrected chi connectivity index (χ3v) is 4.96. The summed E-state index contributed by atoms with van der Waals surface area (Å²) in [6.07, 6.45) is -5.47. The fourth-order valence-electron chi connectivity index (χ4n) is 3.41. The van der Waals surface area contributed by atoms with Gasteiger partial charge in [-0.25, -0.2) is 4.98 Å². The Morgan fingerprint density at radius 1 is 0.879 bits per heavy atom. The summed E-state index contributed by atoms with van der Waals surface area (Å²) in [6, 6.07) is 7.09. The Labute approximate surface area is 182 Å². The molecule has 5 nitrogen and oxygen atoms in total. The van der Waals surface area contributed by atoms with Crippen LogP contribution in [0.4, 0.5) is 26.3 Å². The Morgan fingerprint density at radius 3 is 2.21 bits per heavy atom. The van der Waals surface area contributed by atoms with Gasteiger partial charge in [0, 0.05) is 24.0 Å². The molecular weight excluding hydrogens is 450 g/mol. The van der Waals surface area contributed by atoms with Gasteiger partial charge < -0.3 is 10.3 Å². The Bertz CT molecular complexity index is 1290. The van der Waals surface area contributed by atoms with E-state index in [4.69, 9.17) is 0 Å². The van der Waals surface area contributed by atoms with Crippen molar-refractivity contribution in [1.29, 1.82) is 0 Å².